The van der Waals surface area contributed by atoms with Gasteiger partial charge < -0.3 is 9.47 Å². The quantitative estimate of drug-likeness (QED) is 0.860. The predicted molar refractivity (Wildman–Crippen MR) is 77.7 cm³/mol. The first-order valence-electron chi connectivity index (χ1n) is 6.33. The van der Waals surface area contributed by atoms with Crippen LogP contribution in [0.5, 0.6) is 5.75 Å². The van der Waals surface area contributed by atoms with Crippen LogP contribution in [0.4, 0.5) is 10.5 Å². The van der Waals surface area contributed by atoms with E-state index in [0.717, 1.165) is 11.1 Å². The zero-order valence-corrected chi connectivity index (χ0v) is 12.8. The van der Waals surface area contributed by atoms with Gasteiger partial charge >= 0.3 is 6.09 Å². The number of carbonyl (C=O) groups is 2. The molecule has 1 rings (SSSR count). The molecule has 1 aromatic carbocycles. The summed E-state index contributed by atoms with van der Waals surface area (Å²) in [4.78, 5) is 23.1. The average Bonchev–Trinajstić information content (AvgIpc) is 2.29. The lowest BCUT2D eigenvalue weighted by Crippen LogP contribution is -2.27. The summed E-state index contributed by atoms with van der Waals surface area (Å²) in [6.07, 6.45) is 0.0699. The maximum Gasteiger partial charge on any atom is 0.412 e. The van der Waals surface area contributed by atoms with Crippen LogP contribution in [0.25, 0.3) is 0 Å². The lowest BCUT2D eigenvalue weighted by atomic mass is 10.0. The van der Waals surface area contributed by atoms with Crippen LogP contribution in [0, 0.1) is 13.8 Å². The zero-order chi connectivity index (χ0) is 15.5. The van der Waals surface area contributed by atoms with Gasteiger partial charge in [-0.1, -0.05) is 6.07 Å². The largest absolute Gasteiger partial charge is 0.496 e. The average molecular weight is 279 g/mol. The van der Waals surface area contributed by atoms with Crippen molar-refractivity contribution in [3.8, 4) is 5.75 Å². The zero-order valence-electron chi connectivity index (χ0n) is 12.8. The third kappa shape index (κ3) is 3.73. The monoisotopic (exact) mass is 279 g/mol. The third-order valence-electron chi connectivity index (χ3n) is 2.65. The van der Waals surface area contributed by atoms with Gasteiger partial charge in [-0.05, 0) is 45.7 Å². The molecule has 1 amide bonds. The molecule has 0 saturated heterocycles. The first-order valence-corrected chi connectivity index (χ1v) is 6.33. The number of amides is 1. The Bertz CT molecular complexity index is 530. The van der Waals surface area contributed by atoms with Crippen LogP contribution >= 0.6 is 0 Å². The van der Waals surface area contributed by atoms with Gasteiger partial charge in [0.2, 0.25) is 0 Å². The molecular formula is C15H21NO4. The van der Waals surface area contributed by atoms with Crippen LogP contribution in [0.3, 0.4) is 0 Å². The molecule has 0 aromatic heterocycles. The SMILES string of the molecule is COc1c(C)cc(C)c(NC(=O)OC(C)(C)C)c1C=O. The second-order valence-electron chi connectivity index (χ2n) is 5.58. The van der Waals surface area contributed by atoms with E-state index in [0.29, 0.717) is 23.3 Å². The molecule has 1 N–H and O–H groups in total. The molecule has 0 unspecified atom stereocenters. The van der Waals surface area contributed by atoms with Gasteiger partial charge in [0.1, 0.15) is 11.4 Å². The molecule has 0 bridgehead atoms. The van der Waals surface area contributed by atoms with Crippen LogP contribution in [-0.2, 0) is 4.74 Å². The van der Waals surface area contributed by atoms with Gasteiger partial charge in [-0.15, -0.1) is 0 Å². The van der Waals surface area contributed by atoms with Crippen LogP contribution in [-0.4, -0.2) is 25.1 Å². The van der Waals surface area contributed by atoms with E-state index in [2.05, 4.69) is 5.32 Å². The van der Waals surface area contributed by atoms with E-state index < -0.39 is 11.7 Å². The Labute approximate surface area is 119 Å². The summed E-state index contributed by atoms with van der Waals surface area (Å²) < 4.78 is 10.4. The van der Waals surface area contributed by atoms with Crippen molar-refractivity contribution in [2.75, 3.05) is 12.4 Å². The molecule has 0 aliphatic rings. The number of ether oxygens (including phenoxy) is 2. The number of hydrogen-bond acceptors (Lipinski definition) is 4. The number of hydrogen-bond donors (Lipinski definition) is 1. The molecule has 0 saturated carbocycles. The van der Waals surface area contributed by atoms with E-state index >= 15 is 0 Å². The molecule has 5 heteroatoms. The van der Waals surface area contributed by atoms with Crippen molar-refractivity contribution in [3.05, 3.63) is 22.8 Å². The third-order valence-corrected chi connectivity index (χ3v) is 2.65. The van der Waals surface area contributed by atoms with Crippen molar-refractivity contribution in [3.63, 3.8) is 0 Å². The summed E-state index contributed by atoms with van der Waals surface area (Å²) in [6, 6.07) is 1.85. The van der Waals surface area contributed by atoms with E-state index in [1.807, 2.05) is 19.9 Å². The maximum absolute atomic E-state index is 11.8. The summed E-state index contributed by atoms with van der Waals surface area (Å²) in [5, 5.41) is 2.62. The van der Waals surface area contributed by atoms with Gasteiger partial charge in [0, 0.05) is 0 Å². The van der Waals surface area contributed by atoms with Gasteiger partial charge in [-0.2, -0.15) is 0 Å². The summed E-state index contributed by atoms with van der Waals surface area (Å²) >= 11 is 0. The number of aldehydes is 1. The minimum Gasteiger partial charge on any atom is -0.496 e. The van der Waals surface area contributed by atoms with Crippen molar-refractivity contribution in [1.29, 1.82) is 0 Å². The van der Waals surface area contributed by atoms with Crippen LogP contribution in [0.15, 0.2) is 6.07 Å². The maximum atomic E-state index is 11.8. The summed E-state index contributed by atoms with van der Waals surface area (Å²) in [6.45, 7) is 8.98. The van der Waals surface area contributed by atoms with Gasteiger partial charge in [-0.25, -0.2) is 4.79 Å². The molecule has 1 aromatic rings. The first kappa shape index (κ1) is 16.0. The van der Waals surface area contributed by atoms with Gasteiger partial charge in [-0.3, -0.25) is 10.1 Å². The Morgan fingerprint density at radius 3 is 2.30 bits per heavy atom. The molecule has 0 atom stereocenters. The van der Waals surface area contributed by atoms with Crippen molar-refractivity contribution in [1.82, 2.24) is 0 Å². The smallest absolute Gasteiger partial charge is 0.412 e. The number of carbonyl (C=O) groups excluding carboxylic acids is 2. The molecule has 0 heterocycles. The molecule has 0 aliphatic heterocycles. The van der Waals surface area contributed by atoms with E-state index in [1.165, 1.54) is 7.11 Å². The molecule has 110 valence electrons. The minimum absolute atomic E-state index is 0.316. The highest BCUT2D eigenvalue weighted by Gasteiger charge is 2.20. The summed E-state index contributed by atoms with van der Waals surface area (Å²) in [5.74, 6) is 0.455. The second-order valence-corrected chi connectivity index (χ2v) is 5.58. The summed E-state index contributed by atoms with van der Waals surface area (Å²) in [5.41, 5.74) is 1.74. The molecule has 0 spiro atoms. The number of aryl methyl sites for hydroxylation is 2. The molecule has 20 heavy (non-hydrogen) atoms. The molecule has 0 radical (unpaired) electrons. The molecular weight excluding hydrogens is 258 g/mol. The number of nitrogens with one attached hydrogen (secondary N) is 1. The fourth-order valence-electron chi connectivity index (χ4n) is 1.96. The highest BCUT2D eigenvalue weighted by molar-refractivity contribution is 5.97. The van der Waals surface area contributed by atoms with Crippen molar-refractivity contribution in [2.45, 2.75) is 40.2 Å². The Morgan fingerprint density at radius 2 is 1.85 bits per heavy atom. The number of anilines is 1. The van der Waals surface area contributed by atoms with Crippen molar-refractivity contribution in [2.24, 2.45) is 0 Å². The number of benzene rings is 1. The summed E-state index contributed by atoms with van der Waals surface area (Å²) in [7, 11) is 1.49. The van der Waals surface area contributed by atoms with Crippen molar-refractivity contribution < 1.29 is 19.1 Å². The highest BCUT2D eigenvalue weighted by Crippen LogP contribution is 2.32. The fourth-order valence-corrected chi connectivity index (χ4v) is 1.96. The van der Waals surface area contributed by atoms with E-state index in [1.54, 1.807) is 20.8 Å². The predicted octanol–water partition coefficient (Wildman–Crippen LogP) is 3.47. The van der Waals surface area contributed by atoms with Crippen LogP contribution in [0.2, 0.25) is 0 Å². The number of rotatable bonds is 3. The highest BCUT2D eigenvalue weighted by atomic mass is 16.6. The van der Waals surface area contributed by atoms with Crippen LogP contribution < -0.4 is 10.1 Å². The van der Waals surface area contributed by atoms with Gasteiger partial charge in [0.05, 0.1) is 18.4 Å². The number of methoxy groups -OCH3 is 1. The lowest BCUT2D eigenvalue weighted by molar-refractivity contribution is 0.0636. The Morgan fingerprint density at radius 1 is 1.25 bits per heavy atom. The Kier molecular flexibility index (Phi) is 4.76. The molecule has 0 fully saturated rings. The standard InChI is InChI=1S/C15H21NO4/c1-9-7-10(2)13(19-6)11(8-17)12(9)16-14(18)20-15(3,4)5/h7-8H,1-6H3,(H,16,18). The van der Waals surface area contributed by atoms with E-state index in [9.17, 15) is 9.59 Å². The topological polar surface area (TPSA) is 64.6 Å². The van der Waals surface area contributed by atoms with Crippen molar-refractivity contribution >= 4 is 18.1 Å². The Hall–Kier alpha value is -2.04. The lowest BCUT2D eigenvalue weighted by Gasteiger charge is -2.21. The first-order chi connectivity index (χ1) is 9.19. The van der Waals surface area contributed by atoms with Crippen LogP contribution in [0.1, 0.15) is 42.3 Å². The molecule has 0 aliphatic carbocycles. The van der Waals surface area contributed by atoms with Gasteiger partial charge in [0.15, 0.2) is 6.29 Å². The van der Waals surface area contributed by atoms with E-state index in [-0.39, 0.29) is 0 Å². The normalized spacial score (nSPS) is 10.9. The Balaban J connectivity index is 3.18. The minimum atomic E-state index is -0.603. The van der Waals surface area contributed by atoms with E-state index in [4.69, 9.17) is 9.47 Å². The molecule has 5 nitrogen and oxygen atoms in total. The second kappa shape index (κ2) is 5.94. The van der Waals surface area contributed by atoms with Gasteiger partial charge in [0.25, 0.3) is 0 Å². The fraction of sp³-hybridized carbons (Fsp3) is 0.467.